The topological polar surface area (TPSA) is 61.7 Å². The van der Waals surface area contributed by atoms with Gasteiger partial charge in [0.1, 0.15) is 5.69 Å². The normalized spacial score (nSPS) is 18.1. The number of hydrogen-bond acceptors (Lipinski definition) is 4. The maximum Gasteiger partial charge on any atom is 0.289 e. The third-order valence-electron chi connectivity index (χ3n) is 5.35. The third-order valence-corrected chi connectivity index (χ3v) is 5.35. The summed E-state index contributed by atoms with van der Waals surface area (Å²) < 4.78 is 1.99. The number of imidazole rings is 1. The first kappa shape index (κ1) is 17.9. The number of likely N-dealkylation sites (N-methyl/N-ethyl adjacent to an activating group) is 1. The van der Waals surface area contributed by atoms with Crippen molar-refractivity contribution in [1.82, 2.24) is 24.3 Å². The zero-order valence-electron chi connectivity index (χ0n) is 15.6. The van der Waals surface area contributed by atoms with Crippen LogP contribution in [0.15, 0.2) is 0 Å². The molecule has 0 atom stereocenters. The fraction of sp³-hybridized carbons (Fsp3) is 0.722. The van der Waals surface area contributed by atoms with Crippen molar-refractivity contribution in [2.75, 3.05) is 46.3 Å². The van der Waals surface area contributed by atoms with Crippen LogP contribution in [0.5, 0.6) is 0 Å². The second-order valence-electron chi connectivity index (χ2n) is 6.91. The molecule has 3 heterocycles. The molecule has 2 aliphatic heterocycles. The molecule has 2 amide bonds. The van der Waals surface area contributed by atoms with E-state index in [1.165, 1.54) is 0 Å². The fourth-order valence-electron chi connectivity index (χ4n) is 3.69. The summed E-state index contributed by atoms with van der Waals surface area (Å²) in [5.74, 6) is 0.360. The molecule has 1 saturated heterocycles. The number of amides is 2. The van der Waals surface area contributed by atoms with Crippen LogP contribution in [0.4, 0.5) is 0 Å². The summed E-state index contributed by atoms with van der Waals surface area (Å²) in [4.78, 5) is 36.3. The van der Waals surface area contributed by atoms with Crippen LogP contribution in [0.1, 0.15) is 53.5 Å². The van der Waals surface area contributed by atoms with E-state index in [2.05, 4.69) is 16.9 Å². The molecular formula is C18H29N5O2. The van der Waals surface area contributed by atoms with Crippen LogP contribution < -0.4 is 0 Å². The van der Waals surface area contributed by atoms with Gasteiger partial charge in [-0.3, -0.25) is 9.59 Å². The van der Waals surface area contributed by atoms with Crippen LogP contribution in [0.3, 0.4) is 0 Å². The zero-order chi connectivity index (χ0) is 18.0. The van der Waals surface area contributed by atoms with Crippen LogP contribution >= 0.6 is 0 Å². The Morgan fingerprint density at radius 1 is 1.04 bits per heavy atom. The van der Waals surface area contributed by atoms with Crippen LogP contribution in [-0.2, 0) is 13.0 Å². The summed E-state index contributed by atoms with van der Waals surface area (Å²) in [5.41, 5.74) is 1.45. The molecule has 0 N–H and O–H groups in total. The number of carbonyl (C=O) groups excluding carboxylic acids is 2. The Morgan fingerprint density at radius 2 is 1.72 bits per heavy atom. The van der Waals surface area contributed by atoms with Crippen molar-refractivity contribution in [3.63, 3.8) is 0 Å². The van der Waals surface area contributed by atoms with Crippen molar-refractivity contribution in [1.29, 1.82) is 0 Å². The molecule has 25 heavy (non-hydrogen) atoms. The Kier molecular flexibility index (Phi) is 5.42. The Labute approximate surface area is 149 Å². The third kappa shape index (κ3) is 3.42. The highest BCUT2D eigenvalue weighted by atomic mass is 16.2. The molecule has 1 fully saturated rings. The van der Waals surface area contributed by atoms with E-state index >= 15 is 0 Å². The van der Waals surface area contributed by atoms with Gasteiger partial charge >= 0.3 is 0 Å². The Bertz CT molecular complexity index is 642. The van der Waals surface area contributed by atoms with Gasteiger partial charge in [-0.05, 0) is 40.2 Å². The number of nitrogens with zero attached hydrogens (tertiary/aromatic N) is 5. The Hall–Kier alpha value is -1.89. The molecule has 7 heteroatoms. The van der Waals surface area contributed by atoms with Crippen LogP contribution in [0, 0.1) is 0 Å². The first-order chi connectivity index (χ1) is 12.1. The number of piperazine rings is 1. The lowest BCUT2D eigenvalue weighted by molar-refractivity contribution is 0.0657. The molecule has 0 spiro atoms. The van der Waals surface area contributed by atoms with Crippen molar-refractivity contribution in [2.45, 2.75) is 39.7 Å². The van der Waals surface area contributed by atoms with E-state index in [4.69, 9.17) is 0 Å². The molecule has 0 radical (unpaired) electrons. The first-order valence-electron chi connectivity index (χ1n) is 9.43. The van der Waals surface area contributed by atoms with E-state index in [9.17, 15) is 9.59 Å². The summed E-state index contributed by atoms with van der Waals surface area (Å²) in [7, 11) is 2.07. The van der Waals surface area contributed by atoms with Gasteiger partial charge < -0.3 is 19.3 Å². The van der Waals surface area contributed by atoms with Gasteiger partial charge in [-0.1, -0.05) is 0 Å². The van der Waals surface area contributed by atoms with Crippen molar-refractivity contribution >= 4 is 11.8 Å². The number of carbonyl (C=O) groups is 2. The van der Waals surface area contributed by atoms with E-state index in [1.54, 1.807) is 4.90 Å². The average molecular weight is 347 g/mol. The molecule has 0 saturated carbocycles. The van der Waals surface area contributed by atoms with Gasteiger partial charge in [-0.15, -0.1) is 0 Å². The Morgan fingerprint density at radius 3 is 2.36 bits per heavy atom. The summed E-state index contributed by atoms with van der Waals surface area (Å²) in [5, 5.41) is 0. The molecular weight excluding hydrogens is 318 g/mol. The molecule has 0 bridgehead atoms. The standard InChI is InChI=1S/C18H29N5O2/c1-4-21(5-2)18(25)16-19-15(14-8-6-7-9-23(14)16)17(24)22-12-10-20(3)11-13-22/h4-13H2,1-3H3. The number of aromatic nitrogens is 2. The lowest BCUT2D eigenvalue weighted by atomic mass is 10.1. The fourth-order valence-corrected chi connectivity index (χ4v) is 3.69. The number of hydrogen-bond donors (Lipinski definition) is 0. The van der Waals surface area contributed by atoms with Gasteiger partial charge in [-0.2, -0.15) is 0 Å². The number of rotatable bonds is 4. The average Bonchev–Trinajstić information content (AvgIpc) is 3.02. The van der Waals surface area contributed by atoms with E-state index in [-0.39, 0.29) is 11.8 Å². The van der Waals surface area contributed by atoms with Gasteiger partial charge in [0, 0.05) is 45.8 Å². The predicted molar refractivity (Wildman–Crippen MR) is 95.8 cm³/mol. The predicted octanol–water partition coefficient (Wildman–Crippen LogP) is 1.09. The van der Waals surface area contributed by atoms with Crippen molar-refractivity contribution < 1.29 is 9.59 Å². The molecule has 2 aliphatic rings. The minimum Gasteiger partial charge on any atom is -0.337 e. The first-order valence-corrected chi connectivity index (χ1v) is 9.43. The molecule has 1 aromatic rings. The molecule has 1 aromatic heterocycles. The summed E-state index contributed by atoms with van der Waals surface area (Å²) >= 11 is 0. The second kappa shape index (κ2) is 7.56. The molecule has 138 valence electrons. The van der Waals surface area contributed by atoms with E-state index in [1.807, 2.05) is 23.3 Å². The molecule has 0 aliphatic carbocycles. The lowest BCUT2D eigenvalue weighted by Gasteiger charge is -2.32. The van der Waals surface area contributed by atoms with Gasteiger partial charge in [0.2, 0.25) is 0 Å². The van der Waals surface area contributed by atoms with E-state index < -0.39 is 0 Å². The SMILES string of the molecule is CCN(CC)C(=O)c1nc(C(=O)N2CCN(C)CC2)c2n1CCCC2. The van der Waals surface area contributed by atoms with Gasteiger partial charge in [0.15, 0.2) is 5.82 Å². The highest BCUT2D eigenvalue weighted by Gasteiger charge is 2.31. The molecule has 7 nitrogen and oxygen atoms in total. The minimum absolute atomic E-state index is 0.0163. The quantitative estimate of drug-likeness (QED) is 0.818. The minimum atomic E-state index is -0.0643. The highest BCUT2D eigenvalue weighted by Crippen LogP contribution is 2.23. The lowest BCUT2D eigenvalue weighted by Crippen LogP contribution is -2.47. The van der Waals surface area contributed by atoms with Crippen LogP contribution in [0.25, 0.3) is 0 Å². The molecule has 0 unspecified atom stereocenters. The summed E-state index contributed by atoms with van der Waals surface area (Å²) in [6, 6.07) is 0. The monoisotopic (exact) mass is 347 g/mol. The van der Waals surface area contributed by atoms with E-state index in [0.29, 0.717) is 24.6 Å². The Balaban J connectivity index is 1.92. The smallest absolute Gasteiger partial charge is 0.289 e. The highest BCUT2D eigenvalue weighted by molar-refractivity contribution is 5.97. The van der Waals surface area contributed by atoms with Crippen LogP contribution in [-0.4, -0.2) is 82.4 Å². The zero-order valence-corrected chi connectivity index (χ0v) is 15.6. The largest absolute Gasteiger partial charge is 0.337 e. The van der Waals surface area contributed by atoms with Crippen molar-refractivity contribution in [3.05, 3.63) is 17.2 Å². The molecule has 0 aromatic carbocycles. The second-order valence-corrected chi connectivity index (χ2v) is 6.91. The van der Waals surface area contributed by atoms with Crippen molar-refractivity contribution in [2.24, 2.45) is 0 Å². The van der Waals surface area contributed by atoms with Crippen LogP contribution in [0.2, 0.25) is 0 Å². The molecule has 3 rings (SSSR count). The summed E-state index contributed by atoms with van der Waals surface area (Å²) in [6.07, 6.45) is 2.91. The summed E-state index contributed by atoms with van der Waals surface area (Å²) in [6.45, 7) is 9.23. The maximum absolute atomic E-state index is 13.0. The maximum atomic E-state index is 13.0. The number of fused-ring (bicyclic) bond motifs is 1. The van der Waals surface area contributed by atoms with Crippen molar-refractivity contribution in [3.8, 4) is 0 Å². The van der Waals surface area contributed by atoms with Gasteiger partial charge in [0.25, 0.3) is 11.8 Å². The van der Waals surface area contributed by atoms with E-state index in [0.717, 1.165) is 57.7 Å². The van der Waals surface area contributed by atoms with Gasteiger partial charge in [0.05, 0.1) is 5.69 Å². The van der Waals surface area contributed by atoms with Gasteiger partial charge in [-0.25, -0.2) is 4.98 Å².